The summed E-state index contributed by atoms with van der Waals surface area (Å²) >= 11 is 1.21. The molecule has 0 aliphatic carbocycles. The van der Waals surface area contributed by atoms with E-state index in [-0.39, 0.29) is 11.9 Å². The summed E-state index contributed by atoms with van der Waals surface area (Å²) < 4.78 is 27.8. The molecule has 1 saturated heterocycles. The van der Waals surface area contributed by atoms with E-state index in [1.165, 1.54) is 11.3 Å². The molecule has 1 amide bonds. The SMILES string of the molecule is O=C(Cc1cccc2cccnc12)N1CCC(NS(=O)(=O)c2cccs2)CC1. The lowest BCUT2D eigenvalue weighted by molar-refractivity contribution is -0.131. The first-order chi connectivity index (χ1) is 13.5. The first-order valence-electron chi connectivity index (χ1n) is 9.19. The second-order valence-electron chi connectivity index (χ2n) is 6.88. The van der Waals surface area contributed by atoms with Crippen molar-refractivity contribution >= 4 is 38.2 Å². The zero-order valence-electron chi connectivity index (χ0n) is 15.2. The molecule has 2 aromatic heterocycles. The van der Waals surface area contributed by atoms with Crippen LogP contribution in [-0.4, -0.2) is 43.3 Å². The van der Waals surface area contributed by atoms with Gasteiger partial charge in [-0.25, -0.2) is 13.1 Å². The van der Waals surface area contributed by atoms with Crippen molar-refractivity contribution in [2.24, 2.45) is 0 Å². The number of piperidine rings is 1. The third kappa shape index (κ3) is 4.09. The fraction of sp³-hybridized carbons (Fsp3) is 0.300. The van der Waals surface area contributed by atoms with Crippen molar-refractivity contribution in [3.05, 3.63) is 59.6 Å². The number of rotatable bonds is 5. The number of carbonyl (C=O) groups is 1. The topological polar surface area (TPSA) is 79.4 Å². The highest BCUT2D eigenvalue weighted by atomic mass is 32.2. The maximum absolute atomic E-state index is 12.8. The van der Waals surface area contributed by atoms with Crippen LogP contribution < -0.4 is 4.72 Å². The van der Waals surface area contributed by atoms with Crippen molar-refractivity contribution in [3.63, 3.8) is 0 Å². The standard InChI is InChI=1S/C20H21N3O3S2/c24-18(14-16-5-1-4-15-6-2-10-21-20(15)16)23-11-8-17(9-12-23)22-28(25,26)19-7-3-13-27-19/h1-7,10,13,17,22H,8-9,11-12,14H2. The molecule has 1 aliphatic rings. The van der Waals surface area contributed by atoms with E-state index < -0.39 is 10.0 Å². The Labute approximate surface area is 168 Å². The Kier molecular flexibility index (Phi) is 5.43. The van der Waals surface area contributed by atoms with Crippen molar-refractivity contribution in [1.29, 1.82) is 0 Å². The van der Waals surface area contributed by atoms with Gasteiger partial charge in [0.25, 0.3) is 0 Å². The molecule has 0 atom stereocenters. The van der Waals surface area contributed by atoms with Crippen LogP contribution in [0.25, 0.3) is 10.9 Å². The summed E-state index contributed by atoms with van der Waals surface area (Å²) in [4.78, 5) is 19.0. The maximum Gasteiger partial charge on any atom is 0.250 e. The third-order valence-electron chi connectivity index (χ3n) is 4.99. The van der Waals surface area contributed by atoms with Crippen LogP contribution in [0.2, 0.25) is 0 Å². The predicted octanol–water partition coefficient (Wildman–Crippen LogP) is 2.81. The lowest BCUT2D eigenvalue weighted by atomic mass is 10.0. The quantitative estimate of drug-likeness (QED) is 0.695. The van der Waals surface area contributed by atoms with E-state index in [1.807, 2.05) is 35.2 Å². The van der Waals surface area contributed by atoms with Gasteiger partial charge in [0.1, 0.15) is 4.21 Å². The molecule has 0 spiro atoms. The minimum atomic E-state index is -3.47. The highest BCUT2D eigenvalue weighted by Gasteiger charge is 2.27. The van der Waals surface area contributed by atoms with Gasteiger partial charge in [-0.1, -0.05) is 30.3 Å². The molecule has 0 unspecified atom stereocenters. The van der Waals surface area contributed by atoms with Crippen LogP contribution in [0.15, 0.2) is 58.3 Å². The minimum Gasteiger partial charge on any atom is -0.342 e. The molecular formula is C20H21N3O3S2. The molecule has 1 aliphatic heterocycles. The van der Waals surface area contributed by atoms with Crippen molar-refractivity contribution in [1.82, 2.24) is 14.6 Å². The molecule has 6 nitrogen and oxygen atoms in total. The molecule has 28 heavy (non-hydrogen) atoms. The molecule has 0 saturated carbocycles. The van der Waals surface area contributed by atoms with Gasteiger partial charge >= 0.3 is 0 Å². The molecule has 4 rings (SSSR count). The fourth-order valence-electron chi connectivity index (χ4n) is 3.53. The number of nitrogens with one attached hydrogen (secondary N) is 1. The summed E-state index contributed by atoms with van der Waals surface area (Å²) in [6, 6.07) is 12.9. The molecule has 0 radical (unpaired) electrons. The fourth-order valence-corrected chi connectivity index (χ4v) is 5.84. The van der Waals surface area contributed by atoms with Crippen molar-refractivity contribution in [2.45, 2.75) is 29.5 Å². The van der Waals surface area contributed by atoms with Gasteiger partial charge in [-0.05, 0) is 35.9 Å². The highest BCUT2D eigenvalue weighted by molar-refractivity contribution is 7.91. The number of nitrogens with zero attached hydrogens (tertiary/aromatic N) is 2. The van der Waals surface area contributed by atoms with Crippen molar-refractivity contribution in [2.75, 3.05) is 13.1 Å². The molecule has 1 N–H and O–H groups in total. The first kappa shape index (κ1) is 19.0. The predicted molar refractivity (Wildman–Crippen MR) is 110 cm³/mol. The van der Waals surface area contributed by atoms with E-state index in [2.05, 4.69) is 9.71 Å². The number of amides is 1. The molecule has 0 bridgehead atoms. The molecule has 3 aromatic rings. The number of carbonyl (C=O) groups excluding carboxylic acids is 1. The number of pyridine rings is 1. The Bertz CT molecular complexity index is 1070. The van der Waals surface area contributed by atoms with Crippen LogP contribution in [0.1, 0.15) is 18.4 Å². The first-order valence-corrected chi connectivity index (χ1v) is 11.6. The van der Waals surface area contributed by atoms with Gasteiger partial charge in [-0.3, -0.25) is 9.78 Å². The monoisotopic (exact) mass is 415 g/mol. The average molecular weight is 416 g/mol. The number of fused-ring (bicyclic) bond motifs is 1. The van der Waals surface area contributed by atoms with Gasteiger partial charge < -0.3 is 4.90 Å². The largest absolute Gasteiger partial charge is 0.342 e. The Morgan fingerprint density at radius 2 is 1.93 bits per heavy atom. The van der Waals surface area contributed by atoms with Gasteiger partial charge in [-0.2, -0.15) is 0 Å². The van der Waals surface area contributed by atoms with Crippen LogP contribution in [0, 0.1) is 0 Å². The van der Waals surface area contributed by atoms with E-state index in [0.717, 1.165) is 16.5 Å². The Morgan fingerprint density at radius 1 is 1.14 bits per heavy atom. The summed E-state index contributed by atoms with van der Waals surface area (Å²) in [5, 5.41) is 2.77. The van der Waals surface area contributed by atoms with Gasteiger partial charge in [0.2, 0.25) is 15.9 Å². The van der Waals surface area contributed by atoms with Crippen LogP contribution in [0.3, 0.4) is 0 Å². The molecule has 1 fully saturated rings. The number of hydrogen-bond donors (Lipinski definition) is 1. The summed E-state index contributed by atoms with van der Waals surface area (Å²) in [6.45, 7) is 1.10. The van der Waals surface area contributed by atoms with Gasteiger partial charge in [0.15, 0.2) is 0 Å². The van der Waals surface area contributed by atoms with E-state index in [9.17, 15) is 13.2 Å². The minimum absolute atomic E-state index is 0.0534. The van der Waals surface area contributed by atoms with Crippen molar-refractivity contribution in [3.8, 4) is 0 Å². The van der Waals surface area contributed by atoms with Crippen LogP contribution >= 0.6 is 11.3 Å². The van der Waals surface area contributed by atoms with Crippen LogP contribution in [0.4, 0.5) is 0 Å². The van der Waals surface area contributed by atoms with E-state index >= 15 is 0 Å². The summed E-state index contributed by atoms with van der Waals surface area (Å²) in [7, 11) is -3.47. The third-order valence-corrected chi connectivity index (χ3v) is 7.91. The zero-order valence-corrected chi connectivity index (χ0v) is 16.9. The molecule has 1 aromatic carbocycles. The zero-order chi connectivity index (χ0) is 19.6. The maximum atomic E-state index is 12.8. The van der Waals surface area contributed by atoms with Gasteiger partial charge in [0, 0.05) is 30.7 Å². The molecule has 3 heterocycles. The van der Waals surface area contributed by atoms with E-state index in [4.69, 9.17) is 0 Å². The highest BCUT2D eigenvalue weighted by Crippen LogP contribution is 2.21. The Hall–Kier alpha value is -2.29. The number of hydrogen-bond acceptors (Lipinski definition) is 5. The summed E-state index contributed by atoms with van der Waals surface area (Å²) in [6.07, 6.45) is 3.27. The van der Waals surface area contributed by atoms with Gasteiger partial charge in [-0.15, -0.1) is 11.3 Å². The molecule has 146 valence electrons. The number of sulfonamides is 1. The number of likely N-dealkylation sites (tertiary alicyclic amines) is 1. The second kappa shape index (κ2) is 7.98. The summed E-state index contributed by atoms with van der Waals surface area (Å²) in [5.41, 5.74) is 1.78. The van der Waals surface area contributed by atoms with Crippen LogP contribution in [-0.2, 0) is 21.2 Å². The smallest absolute Gasteiger partial charge is 0.250 e. The van der Waals surface area contributed by atoms with Crippen molar-refractivity contribution < 1.29 is 13.2 Å². The number of para-hydroxylation sites is 1. The lowest BCUT2D eigenvalue weighted by Crippen LogP contribution is -2.46. The second-order valence-corrected chi connectivity index (χ2v) is 9.77. The normalized spacial score (nSPS) is 15.8. The lowest BCUT2D eigenvalue weighted by Gasteiger charge is -2.32. The Balaban J connectivity index is 1.36. The Morgan fingerprint density at radius 3 is 2.68 bits per heavy atom. The van der Waals surface area contributed by atoms with E-state index in [0.29, 0.717) is 36.6 Å². The average Bonchev–Trinajstić information content (AvgIpc) is 3.24. The molecular weight excluding hydrogens is 394 g/mol. The summed E-state index contributed by atoms with van der Waals surface area (Å²) in [5.74, 6) is 0.0534. The van der Waals surface area contributed by atoms with Crippen LogP contribution in [0.5, 0.6) is 0 Å². The van der Waals surface area contributed by atoms with E-state index in [1.54, 1.807) is 23.7 Å². The number of aromatic nitrogens is 1. The molecule has 8 heteroatoms. The number of benzene rings is 1. The number of thiophene rings is 1. The van der Waals surface area contributed by atoms with Gasteiger partial charge in [0.05, 0.1) is 11.9 Å².